The van der Waals surface area contributed by atoms with Crippen molar-refractivity contribution in [2.45, 2.75) is 64.8 Å². The Morgan fingerprint density at radius 2 is 1.68 bits per heavy atom. The molecule has 5 heteroatoms. The summed E-state index contributed by atoms with van der Waals surface area (Å²) in [7, 11) is 0. The van der Waals surface area contributed by atoms with Crippen molar-refractivity contribution in [1.29, 1.82) is 0 Å². The van der Waals surface area contributed by atoms with Gasteiger partial charge in [0.15, 0.2) is 0 Å². The first-order valence-electron chi connectivity index (χ1n) is 8.89. The van der Waals surface area contributed by atoms with Crippen LogP contribution in [0.1, 0.15) is 58.8 Å². The molecule has 0 atom stereocenters. The fraction of sp³-hybridized carbons (Fsp3) is 0.882. The first-order chi connectivity index (χ1) is 10.6. The number of likely N-dealkylation sites (tertiary alicyclic amines) is 1. The number of carbonyl (C=O) groups excluding carboxylic acids is 2. The predicted molar refractivity (Wildman–Crippen MR) is 87.5 cm³/mol. The lowest BCUT2D eigenvalue weighted by Gasteiger charge is -2.33. The highest BCUT2D eigenvalue weighted by Gasteiger charge is 2.28. The van der Waals surface area contributed by atoms with Crippen molar-refractivity contribution in [2.75, 3.05) is 19.6 Å². The topological polar surface area (TPSA) is 61.4 Å². The van der Waals surface area contributed by atoms with Crippen molar-refractivity contribution in [2.24, 2.45) is 11.8 Å². The predicted octanol–water partition coefficient (Wildman–Crippen LogP) is 2.51. The van der Waals surface area contributed by atoms with E-state index >= 15 is 0 Å². The molecule has 1 saturated carbocycles. The molecule has 0 aromatic carbocycles. The van der Waals surface area contributed by atoms with Crippen LogP contribution in [0.5, 0.6) is 0 Å². The Balaban J connectivity index is 1.69. The SMILES string of the molecule is CC(C)CNC(=O)N1CCC(C(=O)NC2CCCCC2)CC1. The molecule has 1 heterocycles. The molecule has 5 nitrogen and oxygen atoms in total. The Morgan fingerprint density at radius 1 is 1.05 bits per heavy atom. The highest BCUT2D eigenvalue weighted by atomic mass is 16.2. The Labute approximate surface area is 134 Å². The number of nitrogens with one attached hydrogen (secondary N) is 2. The summed E-state index contributed by atoms with van der Waals surface area (Å²) < 4.78 is 0. The van der Waals surface area contributed by atoms with Gasteiger partial charge in [0.2, 0.25) is 5.91 Å². The van der Waals surface area contributed by atoms with Crippen LogP contribution in [-0.4, -0.2) is 42.5 Å². The van der Waals surface area contributed by atoms with E-state index < -0.39 is 0 Å². The lowest BCUT2D eigenvalue weighted by atomic mass is 9.92. The van der Waals surface area contributed by atoms with E-state index in [4.69, 9.17) is 0 Å². The van der Waals surface area contributed by atoms with Crippen LogP contribution in [0.4, 0.5) is 4.79 Å². The minimum absolute atomic E-state index is 0.0137. The average molecular weight is 309 g/mol. The zero-order chi connectivity index (χ0) is 15.9. The molecule has 0 unspecified atom stereocenters. The molecule has 0 radical (unpaired) electrons. The number of hydrogen-bond acceptors (Lipinski definition) is 2. The maximum Gasteiger partial charge on any atom is 0.317 e. The maximum absolute atomic E-state index is 12.3. The van der Waals surface area contributed by atoms with Crippen molar-refractivity contribution >= 4 is 11.9 Å². The van der Waals surface area contributed by atoms with Gasteiger partial charge in [-0.3, -0.25) is 4.79 Å². The number of rotatable bonds is 4. The van der Waals surface area contributed by atoms with E-state index in [0.717, 1.165) is 25.7 Å². The number of carbonyl (C=O) groups is 2. The number of urea groups is 1. The third-order valence-electron chi connectivity index (χ3n) is 4.77. The van der Waals surface area contributed by atoms with Crippen LogP contribution in [0.3, 0.4) is 0 Å². The van der Waals surface area contributed by atoms with Gasteiger partial charge in [-0.25, -0.2) is 4.79 Å². The average Bonchev–Trinajstić information content (AvgIpc) is 2.53. The zero-order valence-corrected chi connectivity index (χ0v) is 14.1. The molecule has 0 aromatic heterocycles. The third-order valence-corrected chi connectivity index (χ3v) is 4.77. The van der Waals surface area contributed by atoms with E-state index in [1.54, 1.807) is 0 Å². The number of nitrogens with zero attached hydrogens (tertiary/aromatic N) is 1. The first-order valence-corrected chi connectivity index (χ1v) is 8.89. The van der Waals surface area contributed by atoms with E-state index in [9.17, 15) is 9.59 Å². The normalized spacial score (nSPS) is 21.0. The Bertz CT molecular complexity index is 370. The quantitative estimate of drug-likeness (QED) is 0.838. The summed E-state index contributed by atoms with van der Waals surface area (Å²) >= 11 is 0. The molecule has 0 aromatic rings. The molecule has 0 bridgehead atoms. The summed E-state index contributed by atoms with van der Waals surface area (Å²) in [5.41, 5.74) is 0. The first kappa shape index (κ1) is 17.1. The summed E-state index contributed by atoms with van der Waals surface area (Å²) in [4.78, 5) is 26.2. The summed E-state index contributed by atoms with van der Waals surface area (Å²) in [5.74, 6) is 0.743. The fourth-order valence-electron chi connectivity index (χ4n) is 3.31. The standard InChI is InChI=1S/C17H31N3O2/c1-13(2)12-18-17(22)20-10-8-14(9-11-20)16(21)19-15-6-4-3-5-7-15/h13-15H,3-12H2,1-2H3,(H,18,22)(H,19,21). The van der Waals surface area contributed by atoms with Gasteiger partial charge in [0.25, 0.3) is 0 Å². The molecular weight excluding hydrogens is 278 g/mol. The van der Waals surface area contributed by atoms with Gasteiger partial charge < -0.3 is 15.5 Å². The van der Waals surface area contributed by atoms with Gasteiger partial charge in [0, 0.05) is 31.6 Å². The third kappa shape index (κ3) is 5.18. The van der Waals surface area contributed by atoms with Gasteiger partial charge in [-0.15, -0.1) is 0 Å². The molecule has 1 saturated heterocycles. The number of hydrogen-bond donors (Lipinski definition) is 2. The molecule has 126 valence electrons. The molecular formula is C17H31N3O2. The van der Waals surface area contributed by atoms with E-state index in [1.807, 2.05) is 4.90 Å². The van der Waals surface area contributed by atoms with E-state index in [1.165, 1.54) is 19.3 Å². The van der Waals surface area contributed by atoms with Crippen LogP contribution in [0.2, 0.25) is 0 Å². The van der Waals surface area contributed by atoms with Crippen molar-refractivity contribution in [1.82, 2.24) is 15.5 Å². The molecule has 3 amide bonds. The second-order valence-electron chi connectivity index (χ2n) is 7.18. The Morgan fingerprint density at radius 3 is 2.27 bits per heavy atom. The van der Waals surface area contributed by atoms with Crippen molar-refractivity contribution in [3.8, 4) is 0 Å². The van der Waals surface area contributed by atoms with Gasteiger partial charge in [0.05, 0.1) is 0 Å². The smallest absolute Gasteiger partial charge is 0.317 e. The highest BCUT2D eigenvalue weighted by molar-refractivity contribution is 5.80. The number of piperidine rings is 1. The minimum atomic E-state index is 0.0137. The molecule has 2 fully saturated rings. The lowest BCUT2D eigenvalue weighted by molar-refractivity contribution is -0.127. The summed E-state index contributed by atoms with van der Waals surface area (Å²) in [6.45, 7) is 6.25. The van der Waals surface area contributed by atoms with E-state index in [0.29, 0.717) is 31.6 Å². The monoisotopic (exact) mass is 309 g/mol. The van der Waals surface area contributed by atoms with Crippen molar-refractivity contribution in [3.05, 3.63) is 0 Å². The Kier molecular flexibility index (Phi) is 6.52. The molecule has 2 aliphatic rings. The van der Waals surface area contributed by atoms with Crippen molar-refractivity contribution in [3.63, 3.8) is 0 Å². The maximum atomic E-state index is 12.3. The van der Waals surface area contributed by atoms with Gasteiger partial charge >= 0.3 is 6.03 Å². The van der Waals surface area contributed by atoms with E-state index in [2.05, 4.69) is 24.5 Å². The number of amides is 3. The van der Waals surface area contributed by atoms with Gasteiger partial charge in [0.1, 0.15) is 0 Å². The zero-order valence-electron chi connectivity index (χ0n) is 14.1. The van der Waals surface area contributed by atoms with Crippen LogP contribution in [0.15, 0.2) is 0 Å². The highest BCUT2D eigenvalue weighted by Crippen LogP contribution is 2.21. The van der Waals surface area contributed by atoms with Crippen LogP contribution >= 0.6 is 0 Å². The fourth-order valence-corrected chi connectivity index (χ4v) is 3.31. The second kappa shape index (κ2) is 8.39. The summed E-state index contributed by atoms with van der Waals surface area (Å²) in [5, 5.41) is 6.16. The van der Waals surface area contributed by atoms with Crippen LogP contribution in [0.25, 0.3) is 0 Å². The lowest BCUT2D eigenvalue weighted by Crippen LogP contribution is -2.48. The molecule has 0 spiro atoms. The van der Waals surface area contributed by atoms with Crippen molar-refractivity contribution < 1.29 is 9.59 Å². The minimum Gasteiger partial charge on any atom is -0.353 e. The Hall–Kier alpha value is -1.26. The summed E-state index contributed by atoms with van der Waals surface area (Å²) in [6.07, 6.45) is 7.60. The molecule has 22 heavy (non-hydrogen) atoms. The van der Waals surface area contributed by atoms with Gasteiger partial charge in [-0.2, -0.15) is 0 Å². The van der Waals surface area contributed by atoms with Gasteiger partial charge in [-0.1, -0.05) is 33.1 Å². The van der Waals surface area contributed by atoms with Gasteiger partial charge in [-0.05, 0) is 31.6 Å². The van der Waals surface area contributed by atoms with Crippen LogP contribution in [-0.2, 0) is 4.79 Å². The van der Waals surface area contributed by atoms with Crippen LogP contribution in [0, 0.1) is 11.8 Å². The molecule has 1 aliphatic heterocycles. The summed E-state index contributed by atoms with van der Waals surface area (Å²) in [6, 6.07) is 0.397. The van der Waals surface area contributed by atoms with Crippen LogP contribution < -0.4 is 10.6 Å². The van der Waals surface area contributed by atoms with E-state index in [-0.39, 0.29) is 17.9 Å². The molecule has 2 rings (SSSR count). The second-order valence-corrected chi connectivity index (χ2v) is 7.18. The largest absolute Gasteiger partial charge is 0.353 e. The molecule has 2 N–H and O–H groups in total. The molecule has 1 aliphatic carbocycles.